The van der Waals surface area contributed by atoms with Crippen LogP contribution in [0.4, 0.5) is 8.78 Å². The lowest BCUT2D eigenvalue weighted by atomic mass is 10.0. The summed E-state index contributed by atoms with van der Waals surface area (Å²) >= 11 is 0. The summed E-state index contributed by atoms with van der Waals surface area (Å²) in [5.74, 6) is 0.0741. The summed E-state index contributed by atoms with van der Waals surface area (Å²) in [6.45, 7) is 1.66. The van der Waals surface area contributed by atoms with Crippen molar-refractivity contribution in [2.24, 2.45) is 11.7 Å². The molecule has 1 amide bonds. The maximum atomic E-state index is 12.2. The highest BCUT2D eigenvalue weighted by atomic mass is 35.5. The van der Waals surface area contributed by atoms with Crippen LogP contribution in [0.3, 0.4) is 0 Å². The van der Waals surface area contributed by atoms with Crippen molar-refractivity contribution in [2.75, 3.05) is 13.6 Å². The summed E-state index contributed by atoms with van der Waals surface area (Å²) in [4.78, 5) is 13.7. The molecule has 0 saturated carbocycles. The maximum Gasteiger partial charge on any atom is 0.387 e. The quantitative estimate of drug-likeness (QED) is 0.832. The van der Waals surface area contributed by atoms with Crippen LogP contribution in [0.2, 0.25) is 0 Å². The fraction of sp³-hybridized carbons (Fsp3) is 0.533. The molecule has 0 radical (unpaired) electrons. The highest BCUT2D eigenvalue weighted by molar-refractivity contribution is 5.94. The molecule has 0 heterocycles. The number of rotatable bonds is 7. The fourth-order valence-electron chi connectivity index (χ4n) is 1.80. The van der Waals surface area contributed by atoms with Gasteiger partial charge in [0.15, 0.2) is 0 Å². The Bertz CT molecular complexity index is 473. The zero-order chi connectivity index (χ0) is 16.0. The van der Waals surface area contributed by atoms with Crippen LogP contribution in [0.5, 0.6) is 5.75 Å². The molecule has 0 spiro atoms. The minimum atomic E-state index is -2.91. The van der Waals surface area contributed by atoms with E-state index in [-0.39, 0.29) is 30.1 Å². The van der Waals surface area contributed by atoms with Crippen molar-refractivity contribution in [2.45, 2.75) is 32.9 Å². The SMILES string of the molecule is CC(C)C(N)CCN(C)C(=O)c1cccc(OC(F)F)c1.Cl. The third-order valence-corrected chi connectivity index (χ3v) is 3.31. The smallest absolute Gasteiger partial charge is 0.387 e. The number of halogens is 3. The number of hydrogen-bond acceptors (Lipinski definition) is 3. The van der Waals surface area contributed by atoms with Crippen LogP contribution in [-0.2, 0) is 0 Å². The van der Waals surface area contributed by atoms with Gasteiger partial charge in [-0.15, -0.1) is 12.4 Å². The Hall–Kier alpha value is -1.40. The molecule has 0 saturated heterocycles. The number of carbonyl (C=O) groups excluding carboxylic acids is 1. The number of benzene rings is 1. The first kappa shape index (κ1) is 20.6. The van der Waals surface area contributed by atoms with E-state index in [1.807, 2.05) is 13.8 Å². The monoisotopic (exact) mass is 336 g/mol. The van der Waals surface area contributed by atoms with Crippen molar-refractivity contribution >= 4 is 18.3 Å². The molecule has 1 unspecified atom stereocenters. The van der Waals surface area contributed by atoms with E-state index in [9.17, 15) is 13.6 Å². The van der Waals surface area contributed by atoms with Crippen molar-refractivity contribution in [1.82, 2.24) is 4.90 Å². The number of amides is 1. The van der Waals surface area contributed by atoms with Crippen LogP contribution in [0.1, 0.15) is 30.6 Å². The van der Waals surface area contributed by atoms with Gasteiger partial charge in [-0.25, -0.2) is 0 Å². The van der Waals surface area contributed by atoms with Gasteiger partial charge in [-0.2, -0.15) is 8.78 Å². The molecule has 1 atom stereocenters. The topological polar surface area (TPSA) is 55.6 Å². The Labute approximate surface area is 136 Å². The molecule has 1 aromatic rings. The van der Waals surface area contributed by atoms with E-state index in [0.29, 0.717) is 24.4 Å². The molecule has 0 aliphatic rings. The Balaban J connectivity index is 0.00000441. The van der Waals surface area contributed by atoms with Crippen LogP contribution in [0.15, 0.2) is 24.3 Å². The Kier molecular flexibility index (Phi) is 8.97. The highest BCUT2D eigenvalue weighted by Crippen LogP contribution is 2.17. The summed E-state index contributed by atoms with van der Waals surface area (Å²) in [7, 11) is 1.66. The van der Waals surface area contributed by atoms with Gasteiger partial charge in [0.25, 0.3) is 5.91 Å². The number of ether oxygens (including phenoxy) is 1. The number of alkyl halides is 2. The predicted molar refractivity (Wildman–Crippen MR) is 84.7 cm³/mol. The van der Waals surface area contributed by atoms with E-state index in [4.69, 9.17) is 5.73 Å². The minimum absolute atomic E-state index is 0. The normalized spacial score (nSPS) is 12.0. The molecule has 4 nitrogen and oxygen atoms in total. The van der Waals surface area contributed by atoms with Crippen LogP contribution >= 0.6 is 12.4 Å². The second-order valence-electron chi connectivity index (χ2n) is 5.33. The van der Waals surface area contributed by atoms with E-state index < -0.39 is 6.61 Å². The number of hydrogen-bond donors (Lipinski definition) is 1. The van der Waals surface area contributed by atoms with Gasteiger partial charge in [-0.05, 0) is 30.5 Å². The molecule has 0 aliphatic heterocycles. The van der Waals surface area contributed by atoms with Crippen molar-refractivity contribution in [3.8, 4) is 5.75 Å². The second kappa shape index (κ2) is 9.58. The predicted octanol–water partition coefficient (Wildman–Crippen LogP) is 3.16. The van der Waals surface area contributed by atoms with Crippen LogP contribution in [0, 0.1) is 5.92 Å². The first-order chi connectivity index (χ1) is 9.81. The minimum Gasteiger partial charge on any atom is -0.435 e. The van der Waals surface area contributed by atoms with Crippen molar-refractivity contribution in [3.63, 3.8) is 0 Å². The summed E-state index contributed by atoms with van der Waals surface area (Å²) in [6, 6.07) is 5.80. The maximum absolute atomic E-state index is 12.2. The summed E-state index contributed by atoms with van der Waals surface area (Å²) in [5.41, 5.74) is 6.25. The average molecular weight is 337 g/mol. The van der Waals surface area contributed by atoms with Gasteiger partial charge in [0, 0.05) is 25.2 Å². The van der Waals surface area contributed by atoms with Gasteiger partial charge in [0.1, 0.15) is 5.75 Å². The van der Waals surface area contributed by atoms with Crippen LogP contribution in [-0.4, -0.2) is 37.1 Å². The zero-order valence-electron chi connectivity index (χ0n) is 13.0. The summed E-state index contributed by atoms with van der Waals surface area (Å²) in [6.07, 6.45) is 0.688. The third-order valence-electron chi connectivity index (χ3n) is 3.31. The standard InChI is InChI=1S/C15H22F2N2O2.ClH/c1-10(2)13(18)7-8-19(3)14(20)11-5-4-6-12(9-11)21-15(16)17;/h4-6,9-10,13,15H,7-8,18H2,1-3H3;1H. The van der Waals surface area contributed by atoms with Crippen molar-refractivity contribution < 1.29 is 18.3 Å². The molecule has 0 bridgehead atoms. The van der Waals surface area contributed by atoms with E-state index in [0.717, 1.165) is 0 Å². The lowest BCUT2D eigenvalue weighted by molar-refractivity contribution is -0.0499. The van der Waals surface area contributed by atoms with Gasteiger partial charge in [-0.3, -0.25) is 4.79 Å². The molecule has 126 valence electrons. The molecule has 2 N–H and O–H groups in total. The van der Waals surface area contributed by atoms with E-state index in [1.54, 1.807) is 13.1 Å². The van der Waals surface area contributed by atoms with Gasteiger partial charge in [-0.1, -0.05) is 19.9 Å². The molecule has 0 aliphatic carbocycles. The Morgan fingerprint density at radius 3 is 2.55 bits per heavy atom. The average Bonchev–Trinajstić information content (AvgIpc) is 2.42. The largest absolute Gasteiger partial charge is 0.435 e. The highest BCUT2D eigenvalue weighted by Gasteiger charge is 2.15. The molecule has 1 rings (SSSR count). The molecule has 0 fully saturated rings. The first-order valence-electron chi connectivity index (χ1n) is 6.87. The Morgan fingerprint density at radius 1 is 1.36 bits per heavy atom. The van der Waals surface area contributed by atoms with E-state index >= 15 is 0 Å². The van der Waals surface area contributed by atoms with E-state index in [2.05, 4.69) is 4.74 Å². The van der Waals surface area contributed by atoms with Gasteiger partial charge < -0.3 is 15.4 Å². The second-order valence-corrected chi connectivity index (χ2v) is 5.33. The third kappa shape index (κ3) is 6.58. The molecule has 7 heteroatoms. The molecular formula is C15H23ClF2N2O2. The first-order valence-corrected chi connectivity index (χ1v) is 6.87. The zero-order valence-corrected chi connectivity index (χ0v) is 13.8. The molecule has 22 heavy (non-hydrogen) atoms. The lowest BCUT2D eigenvalue weighted by Crippen LogP contribution is -2.34. The summed E-state index contributed by atoms with van der Waals surface area (Å²) < 4.78 is 28.6. The number of carbonyl (C=O) groups is 1. The van der Waals surface area contributed by atoms with Crippen molar-refractivity contribution in [1.29, 1.82) is 0 Å². The van der Waals surface area contributed by atoms with Gasteiger partial charge in [0.2, 0.25) is 0 Å². The van der Waals surface area contributed by atoms with Crippen LogP contribution < -0.4 is 10.5 Å². The molecule has 1 aromatic carbocycles. The van der Waals surface area contributed by atoms with E-state index in [1.165, 1.54) is 23.1 Å². The fourth-order valence-corrected chi connectivity index (χ4v) is 1.80. The number of nitrogens with zero attached hydrogens (tertiary/aromatic N) is 1. The lowest BCUT2D eigenvalue weighted by Gasteiger charge is -2.21. The van der Waals surface area contributed by atoms with Crippen LogP contribution in [0.25, 0.3) is 0 Å². The summed E-state index contributed by atoms with van der Waals surface area (Å²) in [5, 5.41) is 0. The molecular weight excluding hydrogens is 314 g/mol. The van der Waals surface area contributed by atoms with Crippen molar-refractivity contribution in [3.05, 3.63) is 29.8 Å². The Morgan fingerprint density at radius 2 is 2.00 bits per heavy atom. The van der Waals surface area contributed by atoms with Gasteiger partial charge >= 0.3 is 6.61 Å². The number of nitrogens with two attached hydrogens (primary N) is 1. The van der Waals surface area contributed by atoms with Gasteiger partial charge in [0.05, 0.1) is 0 Å². The molecule has 0 aromatic heterocycles.